The summed E-state index contributed by atoms with van der Waals surface area (Å²) in [6.07, 6.45) is 1.47. The van der Waals surface area contributed by atoms with Gasteiger partial charge in [0.25, 0.3) is 5.56 Å². The molecule has 186 valence electrons. The molecule has 10 heteroatoms. The molecule has 0 radical (unpaired) electrons. The quantitative estimate of drug-likeness (QED) is 0.442. The average Bonchev–Trinajstić information content (AvgIpc) is 3.28. The number of nitrogens with one attached hydrogen (secondary N) is 1. The van der Waals surface area contributed by atoms with Crippen molar-refractivity contribution in [3.8, 4) is 0 Å². The largest absolute Gasteiger partial charge is 0.369 e. The molecular weight excluding hydrogens is 458 g/mol. The number of fused-ring (bicyclic) bond motifs is 1. The summed E-state index contributed by atoms with van der Waals surface area (Å²) in [7, 11) is 3.21. The molecule has 0 bridgehead atoms. The summed E-state index contributed by atoms with van der Waals surface area (Å²) in [6, 6.07) is 18.1. The van der Waals surface area contributed by atoms with Gasteiger partial charge in [0.1, 0.15) is 6.54 Å². The summed E-state index contributed by atoms with van der Waals surface area (Å²) in [6.45, 7) is 4.41. The molecule has 0 unspecified atom stereocenters. The van der Waals surface area contributed by atoms with E-state index in [4.69, 9.17) is 0 Å². The molecule has 0 saturated carbocycles. The first-order valence-corrected chi connectivity index (χ1v) is 11.9. The standard InChI is InChI=1S/C26H29N7O3/c1-29-18-27-24-23(29)25(35)33(26(36)30(24)2)17-22(34)28-20-8-10-21(11-9-20)32-14-12-31(13-15-32)16-19-6-4-3-5-7-19/h3-11,18H,12-17H2,1-2H3,(H,28,34). The van der Waals surface area contributed by atoms with Crippen molar-refractivity contribution in [1.82, 2.24) is 23.6 Å². The Bertz CT molecular complexity index is 1500. The van der Waals surface area contributed by atoms with Crippen LogP contribution in [0.2, 0.25) is 0 Å². The minimum Gasteiger partial charge on any atom is -0.369 e. The van der Waals surface area contributed by atoms with E-state index in [0.717, 1.165) is 43.0 Å². The van der Waals surface area contributed by atoms with Gasteiger partial charge in [0.2, 0.25) is 5.91 Å². The van der Waals surface area contributed by atoms with Gasteiger partial charge in [-0.15, -0.1) is 0 Å². The number of aryl methyl sites for hydroxylation is 2. The van der Waals surface area contributed by atoms with Gasteiger partial charge in [-0.2, -0.15) is 0 Å². The van der Waals surface area contributed by atoms with Gasteiger partial charge in [-0.3, -0.25) is 19.1 Å². The Hall–Kier alpha value is -4.18. The molecule has 36 heavy (non-hydrogen) atoms. The topological polar surface area (TPSA) is 97.4 Å². The Balaban J connectivity index is 1.20. The number of amides is 1. The van der Waals surface area contributed by atoms with Crippen molar-refractivity contribution in [1.29, 1.82) is 0 Å². The third kappa shape index (κ3) is 4.67. The highest BCUT2D eigenvalue weighted by atomic mass is 16.2. The number of aromatic nitrogens is 4. The predicted octanol–water partition coefficient (Wildman–Crippen LogP) is 1.39. The molecule has 2 aromatic carbocycles. The molecular formula is C26H29N7O3. The molecule has 1 aliphatic rings. The number of hydrogen-bond donors (Lipinski definition) is 1. The van der Waals surface area contributed by atoms with E-state index in [1.165, 1.54) is 23.5 Å². The molecule has 1 amide bonds. The number of anilines is 2. The maximum absolute atomic E-state index is 12.8. The third-order valence-corrected chi connectivity index (χ3v) is 6.64. The van der Waals surface area contributed by atoms with Gasteiger partial charge in [0.05, 0.1) is 6.33 Å². The molecule has 1 fully saturated rings. The third-order valence-electron chi connectivity index (χ3n) is 6.64. The Morgan fingerprint density at radius 1 is 0.944 bits per heavy atom. The molecule has 5 rings (SSSR count). The fourth-order valence-electron chi connectivity index (χ4n) is 4.64. The Morgan fingerprint density at radius 3 is 2.33 bits per heavy atom. The smallest absolute Gasteiger partial charge is 0.332 e. The summed E-state index contributed by atoms with van der Waals surface area (Å²) in [5.74, 6) is -0.446. The van der Waals surface area contributed by atoms with Crippen LogP contribution in [-0.4, -0.2) is 55.7 Å². The number of carbonyl (C=O) groups excluding carboxylic acids is 1. The first kappa shape index (κ1) is 23.6. The Kier molecular flexibility index (Phi) is 6.43. The molecule has 1 saturated heterocycles. The molecule has 0 spiro atoms. The van der Waals surface area contributed by atoms with Gasteiger partial charge in [0, 0.05) is 58.2 Å². The van der Waals surface area contributed by atoms with Crippen molar-refractivity contribution >= 4 is 28.4 Å². The summed E-state index contributed by atoms with van der Waals surface area (Å²) < 4.78 is 3.76. The van der Waals surface area contributed by atoms with Gasteiger partial charge in [0.15, 0.2) is 11.2 Å². The monoisotopic (exact) mass is 487 g/mol. The minimum absolute atomic E-state index is 0.276. The number of imidazole rings is 1. The molecule has 0 aliphatic carbocycles. The van der Waals surface area contributed by atoms with Gasteiger partial charge in [-0.25, -0.2) is 14.3 Å². The Labute approximate surface area is 208 Å². The molecule has 3 heterocycles. The highest BCUT2D eigenvalue weighted by molar-refractivity contribution is 5.90. The molecule has 4 aromatic rings. The van der Waals surface area contributed by atoms with Crippen LogP contribution in [0, 0.1) is 0 Å². The van der Waals surface area contributed by atoms with E-state index in [2.05, 4.69) is 44.4 Å². The van der Waals surface area contributed by atoms with Crippen LogP contribution in [0.5, 0.6) is 0 Å². The van der Waals surface area contributed by atoms with Crippen LogP contribution in [0.4, 0.5) is 11.4 Å². The fraction of sp³-hybridized carbons (Fsp3) is 0.308. The van der Waals surface area contributed by atoms with E-state index in [1.807, 2.05) is 30.3 Å². The zero-order valence-corrected chi connectivity index (χ0v) is 20.4. The maximum Gasteiger partial charge on any atom is 0.332 e. The number of carbonyl (C=O) groups is 1. The summed E-state index contributed by atoms with van der Waals surface area (Å²) in [4.78, 5) is 47.0. The summed E-state index contributed by atoms with van der Waals surface area (Å²) in [5.41, 5.74) is 2.48. The Morgan fingerprint density at radius 2 is 1.64 bits per heavy atom. The summed E-state index contributed by atoms with van der Waals surface area (Å²) >= 11 is 0. The second-order valence-corrected chi connectivity index (χ2v) is 9.10. The van der Waals surface area contributed by atoms with Crippen molar-refractivity contribution in [2.45, 2.75) is 13.1 Å². The highest BCUT2D eigenvalue weighted by Crippen LogP contribution is 2.20. The van der Waals surface area contributed by atoms with E-state index < -0.39 is 17.2 Å². The van der Waals surface area contributed by atoms with Crippen molar-refractivity contribution in [3.63, 3.8) is 0 Å². The lowest BCUT2D eigenvalue weighted by molar-refractivity contribution is -0.116. The lowest BCUT2D eigenvalue weighted by atomic mass is 10.2. The van der Waals surface area contributed by atoms with Crippen LogP contribution in [0.25, 0.3) is 11.2 Å². The van der Waals surface area contributed by atoms with Gasteiger partial charge in [-0.1, -0.05) is 30.3 Å². The van der Waals surface area contributed by atoms with E-state index in [1.54, 1.807) is 11.6 Å². The van der Waals surface area contributed by atoms with Gasteiger partial charge >= 0.3 is 5.69 Å². The first-order chi connectivity index (χ1) is 17.4. The van der Waals surface area contributed by atoms with Crippen LogP contribution < -0.4 is 21.5 Å². The fourth-order valence-corrected chi connectivity index (χ4v) is 4.64. The summed E-state index contributed by atoms with van der Waals surface area (Å²) in [5, 5.41) is 2.79. The van der Waals surface area contributed by atoms with Crippen molar-refractivity contribution < 1.29 is 4.79 Å². The average molecular weight is 488 g/mol. The van der Waals surface area contributed by atoms with Crippen LogP contribution in [0.1, 0.15) is 5.56 Å². The van der Waals surface area contributed by atoms with Crippen LogP contribution in [-0.2, 0) is 32.0 Å². The molecule has 1 aliphatic heterocycles. The maximum atomic E-state index is 12.8. The second-order valence-electron chi connectivity index (χ2n) is 9.10. The SMILES string of the molecule is Cn1cnc2c1c(=O)n(CC(=O)Nc1ccc(N3CCN(Cc4ccccc4)CC3)cc1)c(=O)n2C. The number of nitrogens with zero attached hydrogens (tertiary/aromatic N) is 6. The van der Waals surface area contributed by atoms with Crippen LogP contribution >= 0.6 is 0 Å². The van der Waals surface area contributed by atoms with Crippen molar-refractivity contribution in [3.05, 3.63) is 87.3 Å². The predicted molar refractivity (Wildman–Crippen MR) is 139 cm³/mol. The van der Waals surface area contributed by atoms with E-state index >= 15 is 0 Å². The number of hydrogen-bond acceptors (Lipinski definition) is 6. The first-order valence-electron chi connectivity index (χ1n) is 11.9. The van der Waals surface area contributed by atoms with Gasteiger partial charge < -0.3 is 14.8 Å². The molecule has 0 atom stereocenters. The zero-order valence-electron chi connectivity index (χ0n) is 20.4. The normalized spacial score (nSPS) is 14.3. The van der Waals surface area contributed by atoms with E-state index in [-0.39, 0.29) is 12.1 Å². The zero-order chi connectivity index (χ0) is 25.2. The highest BCUT2D eigenvalue weighted by Gasteiger charge is 2.19. The molecule has 10 nitrogen and oxygen atoms in total. The minimum atomic E-state index is -0.580. The van der Waals surface area contributed by atoms with Crippen molar-refractivity contribution in [2.24, 2.45) is 14.1 Å². The number of piperazine rings is 1. The van der Waals surface area contributed by atoms with E-state index in [9.17, 15) is 14.4 Å². The van der Waals surface area contributed by atoms with Crippen LogP contribution in [0.3, 0.4) is 0 Å². The number of benzene rings is 2. The van der Waals surface area contributed by atoms with Gasteiger partial charge in [-0.05, 0) is 29.8 Å². The second kappa shape index (κ2) is 9.82. The van der Waals surface area contributed by atoms with E-state index in [0.29, 0.717) is 11.3 Å². The lowest BCUT2D eigenvalue weighted by Crippen LogP contribution is -2.45. The number of rotatable bonds is 6. The van der Waals surface area contributed by atoms with Crippen molar-refractivity contribution in [2.75, 3.05) is 36.4 Å². The van der Waals surface area contributed by atoms with Crippen LogP contribution in [0.15, 0.2) is 70.5 Å². The molecule has 1 N–H and O–H groups in total. The molecule has 2 aromatic heterocycles. The lowest BCUT2D eigenvalue weighted by Gasteiger charge is -2.36.